The molecule has 2 radical (unpaired) electrons. The number of rotatable bonds is 4. The number of carbonyl (C=O) groups excluding carboxylic acids is 2. The first-order valence-electron chi connectivity index (χ1n) is 15.1. The van der Waals surface area contributed by atoms with E-state index in [4.69, 9.17) is 23.8 Å². The van der Waals surface area contributed by atoms with Gasteiger partial charge in [-0.3, -0.25) is 14.6 Å². The summed E-state index contributed by atoms with van der Waals surface area (Å²) in [6.07, 6.45) is 7.84. The van der Waals surface area contributed by atoms with Crippen molar-refractivity contribution in [3.05, 3.63) is 111 Å². The van der Waals surface area contributed by atoms with Crippen LogP contribution in [0.25, 0.3) is 0 Å². The van der Waals surface area contributed by atoms with Gasteiger partial charge in [-0.05, 0) is 61.8 Å². The maximum atomic E-state index is 12.6. The standard InChI is InChI=1S/C18H19N2OS.C12H14ClNO.C6H6NS.2CH4.2Y/c1-13-8-9-16(19-11-13)22-12-17(21)20-10-4-7-15-6-3-5-14(2)18(15)20;1-9-4-2-5-10-6-3-7-14(12(9)10)11(15)8-13;1-5-2-3-6(8)7-4-5;;;;/h3,5-6,8,11H,4,7,10,12H2,1-2H3;2,4-5H,3,6-8H2,1H3;2,4H,1H3,(H,7,8);2*1H4;;/q-1;;-1;;;;. The number of nitrogens with one attached hydrogen (secondary N) is 1. The molecule has 11 heteroatoms. The second kappa shape index (κ2) is 24.1. The Labute approximate surface area is 358 Å². The number of aromatic amines is 1. The van der Waals surface area contributed by atoms with Crippen LogP contribution in [0.2, 0.25) is 0 Å². The summed E-state index contributed by atoms with van der Waals surface area (Å²) >= 11 is 11.8. The van der Waals surface area contributed by atoms with Crippen LogP contribution in [0.15, 0.2) is 66.0 Å². The zero-order chi connectivity index (χ0) is 32.3. The van der Waals surface area contributed by atoms with Gasteiger partial charge in [0, 0.05) is 99.5 Å². The van der Waals surface area contributed by atoms with E-state index in [0.29, 0.717) is 10.4 Å². The zero-order valence-corrected chi connectivity index (χ0v) is 35.5. The molecule has 2 aliphatic rings. The largest absolute Gasteiger partial charge is 0.385 e. The first kappa shape index (κ1) is 47.7. The average molecular weight is 869 g/mol. The van der Waals surface area contributed by atoms with Crippen LogP contribution in [0.4, 0.5) is 11.4 Å². The van der Waals surface area contributed by atoms with E-state index in [9.17, 15) is 9.59 Å². The van der Waals surface area contributed by atoms with Crippen LogP contribution in [0, 0.1) is 44.5 Å². The number of alkyl halides is 1. The fraction of sp³-hybridized carbons (Fsp3) is 0.368. The maximum Gasteiger partial charge on any atom is 0.241 e. The van der Waals surface area contributed by atoms with E-state index in [1.165, 1.54) is 28.5 Å². The molecule has 258 valence electrons. The van der Waals surface area contributed by atoms with Crippen LogP contribution < -0.4 is 9.80 Å². The number of carbonyl (C=O) groups is 2. The van der Waals surface area contributed by atoms with Gasteiger partial charge in [0.1, 0.15) is 5.88 Å². The van der Waals surface area contributed by atoms with Gasteiger partial charge in [-0.2, -0.15) is 11.1 Å². The quantitative estimate of drug-likeness (QED) is 0.0960. The van der Waals surface area contributed by atoms with Gasteiger partial charge in [-0.15, -0.1) is 37.2 Å². The molecule has 6 rings (SSSR count). The van der Waals surface area contributed by atoms with Gasteiger partial charge in [0.05, 0.1) is 5.75 Å². The number of hydrogen-bond acceptors (Lipinski definition) is 5. The minimum Gasteiger partial charge on any atom is -0.385 e. The number of pyridine rings is 2. The fourth-order valence-electron chi connectivity index (χ4n) is 5.40. The van der Waals surface area contributed by atoms with E-state index in [1.807, 2.05) is 67.2 Å². The van der Waals surface area contributed by atoms with Crippen molar-refractivity contribution >= 4 is 58.8 Å². The molecule has 0 fully saturated rings. The first-order valence-corrected chi connectivity index (χ1v) is 17.0. The summed E-state index contributed by atoms with van der Waals surface area (Å²) in [6, 6.07) is 22.2. The van der Waals surface area contributed by atoms with Crippen LogP contribution in [0.1, 0.15) is 61.1 Å². The van der Waals surface area contributed by atoms with E-state index >= 15 is 0 Å². The molecule has 0 spiro atoms. The average Bonchev–Trinajstić information content (AvgIpc) is 3.06. The van der Waals surface area contributed by atoms with Crippen LogP contribution in [-0.2, 0) is 87.8 Å². The van der Waals surface area contributed by atoms with E-state index in [0.717, 1.165) is 71.9 Å². The number of anilines is 2. The maximum absolute atomic E-state index is 12.6. The van der Waals surface area contributed by atoms with Gasteiger partial charge in [0.2, 0.25) is 11.8 Å². The van der Waals surface area contributed by atoms with Gasteiger partial charge >= 0.3 is 0 Å². The molecule has 0 atom stereocenters. The molecule has 0 aliphatic carbocycles. The number of aryl methyl sites for hydroxylation is 6. The molecule has 0 bridgehead atoms. The summed E-state index contributed by atoms with van der Waals surface area (Å²) in [5, 5.41) is 0.779. The minimum atomic E-state index is 0. The molecule has 2 amide bonds. The third kappa shape index (κ3) is 14.0. The predicted molar refractivity (Wildman–Crippen MR) is 202 cm³/mol. The summed E-state index contributed by atoms with van der Waals surface area (Å²) in [5.41, 5.74) is 9.30. The second-order valence-electron chi connectivity index (χ2n) is 11.1. The Bertz CT molecular complexity index is 1670. The van der Waals surface area contributed by atoms with Crippen molar-refractivity contribution in [3.63, 3.8) is 0 Å². The van der Waals surface area contributed by atoms with Gasteiger partial charge in [-0.1, -0.05) is 75.9 Å². The van der Waals surface area contributed by atoms with Gasteiger partial charge in [0.15, 0.2) is 0 Å². The number of H-pyrrole nitrogens is 1. The summed E-state index contributed by atoms with van der Waals surface area (Å²) in [5.74, 6) is 0.622. The number of thioether (sulfide) groups is 1. The Morgan fingerprint density at radius 3 is 1.84 bits per heavy atom. The van der Waals surface area contributed by atoms with Crippen LogP contribution >= 0.6 is 35.6 Å². The predicted octanol–water partition coefficient (Wildman–Crippen LogP) is 9.20. The number of amides is 2. The minimum absolute atomic E-state index is 0. The SMILES string of the molecule is C.C.Cc1c[c-]c(=S)[nH]c1.Cc1c[c-]c(SCC(=O)N2CCCc3cccc(C)c32)nc1.Cc1cccc2c1N(C(=O)CCl)CCC2.[Y].[Y]. The molecule has 2 aromatic carbocycles. The summed E-state index contributed by atoms with van der Waals surface area (Å²) in [7, 11) is 0. The molecule has 0 unspecified atom stereocenters. The summed E-state index contributed by atoms with van der Waals surface area (Å²) < 4.78 is 0.663. The van der Waals surface area contributed by atoms with Crippen molar-refractivity contribution in [2.24, 2.45) is 0 Å². The van der Waals surface area contributed by atoms with Gasteiger partial charge < -0.3 is 14.8 Å². The van der Waals surface area contributed by atoms with Crippen molar-refractivity contribution in [2.75, 3.05) is 34.5 Å². The normalized spacial score (nSPS) is 12.3. The van der Waals surface area contributed by atoms with Gasteiger partial charge in [0.25, 0.3) is 0 Å². The molecule has 2 aliphatic heterocycles. The Morgan fingerprint density at radius 2 is 1.39 bits per heavy atom. The van der Waals surface area contributed by atoms with Crippen molar-refractivity contribution in [3.8, 4) is 0 Å². The smallest absolute Gasteiger partial charge is 0.241 e. The molecule has 4 heterocycles. The van der Waals surface area contributed by atoms with Crippen molar-refractivity contribution < 1.29 is 75.0 Å². The van der Waals surface area contributed by atoms with E-state index in [1.54, 1.807) is 0 Å². The number of fused-ring (bicyclic) bond motifs is 2. The van der Waals surface area contributed by atoms with Crippen molar-refractivity contribution in [2.45, 2.75) is 73.3 Å². The Hall–Kier alpha value is -1.25. The monoisotopic (exact) mass is 868 g/mol. The third-order valence-electron chi connectivity index (χ3n) is 7.56. The third-order valence-corrected chi connectivity index (χ3v) is 8.91. The summed E-state index contributed by atoms with van der Waals surface area (Å²) in [6.45, 7) is 9.69. The Kier molecular flexibility index (Phi) is 23.5. The van der Waals surface area contributed by atoms with E-state index in [2.05, 4.69) is 53.3 Å². The first-order chi connectivity index (χ1) is 21.7. The molecule has 4 aromatic rings. The molecular formula is C38H47ClN4O2S2Y2-2. The molecule has 6 nitrogen and oxygen atoms in total. The topological polar surface area (TPSA) is 69.3 Å². The Morgan fingerprint density at radius 1 is 0.857 bits per heavy atom. The van der Waals surface area contributed by atoms with E-state index in [-0.39, 0.29) is 98.0 Å². The summed E-state index contributed by atoms with van der Waals surface area (Å²) in [4.78, 5) is 35.2. The number of benzene rings is 2. The molecule has 0 saturated carbocycles. The second-order valence-corrected chi connectivity index (χ2v) is 12.8. The molecule has 49 heavy (non-hydrogen) atoms. The van der Waals surface area contributed by atoms with E-state index < -0.39 is 0 Å². The van der Waals surface area contributed by atoms with Crippen molar-refractivity contribution in [1.29, 1.82) is 0 Å². The number of nitrogens with zero attached hydrogens (tertiary/aromatic N) is 3. The molecule has 0 saturated heterocycles. The number of halogens is 1. The Balaban J connectivity index is 0.000000746. The van der Waals surface area contributed by atoms with Gasteiger partial charge in [-0.25, -0.2) is 24.3 Å². The number of para-hydroxylation sites is 2. The fourth-order valence-corrected chi connectivity index (χ4v) is 6.35. The number of hydrogen-bond donors (Lipinski definition) is 1. The van der Waals surface area contributed by atoms with Crippen LogP contribution in [-0.4, -0.2) is 46.5 Å². The van der Waals surface area contributed by atoms with Crippen molar-refractivity contribution in [1.82, 2.24) is 9.97 Å². The molecular weight excluding hydrogens is 822 g/mol. The zero-order valence-electron chi connectivity index (χ0n) is 27.4. The molecule has 1 N–H and O–H groups in total. The molecule has 2 aromatic heterocycles. The van der Waals surface area contributed by atoms with Crippen LogP contribution in [0.5, 0.6) is 0 Å². The van der Waals surface area contributed by atoms with Crippen LogP contribution in [0.3, 0.4) is 0 Å². The number of aromatic nitrogens is 2.